The lowest BCUT2D eigenvalue weighted by molar-refractivity contribution is 0.0638. The number of para-hydroxylation sites is 1. The van der Waals surface area contributed by atoms with E-state index in [4.69, 9.17) is 0 Å². The molecule has 1 amide bonds. The fraction of sp³-hybridized carbons (Fsp3) is 0.321. The van der Waals surface area contributed by atoms with Crippen molar-refractivity contribution in [3.05, 3.63) is 95.6 Å². The molecule has 0 aliphatic carbocycles. The van der Waals surface area contributed by atoms with Gasteiger partial charge in [0.2, 0.25) is 0 Å². The molecule has 0 atom stereocenters. The van der Waals surface area contributed by atoms with Crippen LogP contribution in [0.2, 0.25) is 0 Å². The van der Waals surface area contributed by atoms with Gasteiger partial charge in [0.15, 0.2) is 0 Å². The number of benzene rings is 3. The molecular weight excluding hydrogens is 458 g/mol. The number of nitrogens with zero attached hydrogens (tertiary/aromatic N) is 3. The van der Waals surface area contributed by atoms with Gasteiger partial charge in [-0.15, -0.1) is 0 Å². The van der Waals surface area contributed by atoms with E-state index in [2.05, 4.69) is 29.2 Å². The van der Waals surface area contributed by atoms with Crippen molar-refractivity contribution >= 4 is 21.6 Å². The molecule has 2 aliphatic heterocycles. The van der Waals surface area contributed by atoms with E-state index >= 15 is 0 Å². The summed E-state index contributed by atoms with van der Waals surface area (Å²) in [6.07, 6.45) is 2.69. The number of aryl methyl sites for hydroxylation is 1. The van der Waals surface area contributed by atoms with Crippen LogP contribution in [0.25, 0.3) is 0 Å². The minimum Gasteiger partial charge on any atom is -0.336 e. The zero-order valence-electron chi connectivity index (χ0n) is 19.8. The Kier molecular flexibility index (Phi) is 6.88. The first-order chi connectivity index (χ1) is 17.0. The van der Waals surface area contributed by atoms with Crippen molar-refractivity contribution < 1.29 is 13.2 Å². The minimum absolute atomic E-state index is 0.0417. The summed E-state index contributed by atoms with van der Waals surface area (Å²) in [5.74, 6) is -0.0417. The highest BCUT2D eigenvalue weighted by molar-refractivity contribution is 7.92. The Morgan fingerprint density at radius 3 is 2.20 bits per heavy atom. The SMILES string of the molecule is O=C(c1ccc(S(=O)(=O)N2CCCc3ccccc32)cc1)N1CCN(CCc2ccccc2)CC1. The third kappa shape index (κ3) is 5.11. The number of hydrogen-bond acceptors (Lipinski definition) is 4. The number of anilines is 1. The van der Waals surface area contributed by atoms with E-state index in [0.717, 1.165) is 50.1 Å². The molecule has 1 saturated heterocycles. The Labute approximate surface area is 207 Å². The van der Waals surface area contributed by atoms with Gasteiger partial charge in [-0.3, -0.25) is 14.0 Å². The fourth-order valence-corrected chi connectivity index (χ4v) is 6.48. The zero-order chi connectivity index (χ0) is 24.3. The molecular formula is C28H31N3O3S. The monoisotopic (exact) mass is 489 g/mol. The fourth-order valence-electron chi connectivity index (χ4n) is 4.93. The van der Waals surface area contributed by atoms with Gasteiger partial charge in [-0.25, -0.2) is 8.42 Å². The van der Waals surface area contributed by atoms with Crippen LogP contribution in [0.5, 0.6) is 0 Å². The van der Waals surface area contributed by atoms with Gasteiger partial charge in [0.1, 0.15) is 0 Å². The van der Waals surface area contributed by atoms with Gasteiger partial charge in [0.05, 0.1) is 10.6 Å². The number of fused-ring (bicyclic) bond motifs is 1. The van der Waals surface area contributed by atoms with Gasteiger partial charge in [-0.1, -0.05) is 48.5 Å². The van der Waals surface area contributed by atoms with Crippen LogP contribution in [0.15, 0.2) is 83.8 Å². The van der Waals surface area contributed by atoms with Crippen molar-refractivity contribution in [3.63, 3.8) is 0 Å². The molecule has 0 bridgehead atoms. The summed E-state index contributed by atoms with van der Waals surface area (Å²) in [6, 6.07) is 24.5. The van der Waals surface area contributed by atoms with Crippen molar-refractivity contribution in [1.29, 1.82) is 0 Å². The number of carbonyl (C=O) groups excluding carboxylic acids is 1. The van der Waals surface area contributed by atoms with E-state index in [-0.39, 0.29) is 10.8 Å². The Morgan fingerprint density at radius 2 is 1.46 bits per heavy atom. The molecule has 1 fully saturated rings. The lowest BCUT2D eigenvalue weighted by atomic mass is 10.0. The lowest BCUT2D eigenvalue weighted by Gasteiger charge is -2.35. The van der Waals surface area contributed by atoms with Crippen LogP contribution >= 0.6 is 0 Å². The average Bonchev–Trinajstić information content (AvgIpc) is 2.92. The predicted molar refractivity (Wildman–Crippen MR) is 138 cm³/mol. The van der Waals surface area contributed by atoms with Crippen LogP contribution in [-0.2, 0) is 22.9 Å². The molecule has 0 saturated carbocycles. The van der Waals surface area contributed by atoms with Crippen LogP contribution in [0.1, 0.15) is 27.9 Å². The van der Waals surface area contributed by atoms with Gasteiger partial charge in [-0.05, 0) is 60.7 Å². The van der Waals surface area contributed by atoms with Crippen molar-refractivity contribution in [3.8, 4) is 0 Å². The van der Waals surface area contributed by atoms with Crippen molar-refractivity contribution in [1.82, 2.24) is 9.80 Å². The van der Waals surface area contributed by atoms with E-state index in [1.165, 1.54) is 9.87 Å². The van der Waals surface area contributed by atoms with Gasteiger partial charge >= 0.3 is 0 Å². The second-order valence-corrected chi connectivity index (χ2v) is 11.1. The summed E-state index contributed by atoms with van der Waals surface area (Å²) >= 11 is 0. The van der Waals surface area contributed by atoms with Gasteiger partial charge in [0.25, 0.3) is 15.9 Å². The van der Waals surface area contributed by atoms with E-state index in [1.807, 2.05) is 35.2 Å². The van der Waals surface area contributed by atoms with E-state index in [0.29, 0.717) is 25.2 Å². The molecule has 0 radical (unpaired) electrons. The van der Waals surface area contributed by atoms with E-state index in [9.17, 15) is 13.2 Å². The Morgan fingerprint density at radius 1 is 0.771 bits per heavy atom. The van der Waals surface area contributed by atoms with Crippen LogP contribution in [0, 0.1) is 0 Å². The average molecular weight is 490 g/mol. The summed E-state index contributed by atoms with van der Waals surface area (Å²) in [5, 5.41) is 0. The van der Waals surface area contributed by atoms with Crippen LogP contribution in [0.3, 0.4) is 0 Å². The topological polar surface area (TPSA) is 60.9 Å². The molecule has 3 aromatic rings. The van der Waals surface area contributed by atoms with Crippen molar-refractivity contribution in [2.24, 2.45) is 0 Å². The highest BCUT2D eigenvalue weighted by atomic mass is 32.2. The Bertz CT molecular complexity index is 1270. The summed E-state index contributed by atoms with van der Waals surface area (Å²) in [5.41, 5.74) is 3.66. The molecule has 5 rings (SSSR count). The van der Waals surface area contributed by atoms with E-state index in [1.54, 1.807) is 24.3 Å². The van der Waals surface area contributed by atoms with Crippen LogP contribution in [-0.4, -0.2) is 63.4 Å². The molecule has 2 aliphatic rings. The molecule has 7 heteroatoms. The maximum atomic E-state index is 13.4. The quantitative estimate of drug-likeness (QED) is 0.528. The van der Waals surface area contributed by atoms with E-state index < -0.39 is 10.0 Å². The van der Waals surface area contributed by atoms with Crippen LogP contribution in [0.4, 0.5) is 5.69 Å². The maximum absolute atomic E-state index is 13.4. The minimum atomic E-state index is -3.68. The number of sulfonamides is 1. The van der Waals surface area contributed by atoms with Crippen molar-refractivity contribution in [2.75, 3.05) is 43.6 Å². The lowest BCUT2D eigenvalue weighted by Crippen LogP contribution is -2.49. The number of carbonyl (C=O) groups is 1. The molecule has 182 valence electrons. The summed E-state index contributed by atoms with van der Waals surface area (Å²) in [6.45, 7) is 4.50. The molecule has 0 unspecified atom stereocenters. The highest BCUT2D eigenvalue weighted by Crippen LogP contribution is 2.31. The molecule has 0 N–H and O–H groups in total. The molecule has 0 aromatic heterocycles. The zero-order valence-corrected chi connectivity index (χ0v) is 20.7. The molecule has 3 aromatic carbocycles. The molecule has 0 spiro atoms. The first-order valence-electron chi connectivity index (χ1n) is 12.3. The Balaban J connectivity index is 1.20. The third-order valence-electron chi connectivity index (χ3n) is 6.98. The number of piperazine rings is 1. The van der Waals surface area contributed by atoms with Crippen molar-refractivity contribution in [2.45, 2.75) is 24.2 Å². The van der Waals surface area contributed by atoms with Crippen LogP contribution < -0.4 is 4.31 Å². The predicted octanol–water partition coefficient (Wildman–Crippen LogP) is 3.83. The highest BCUT2D eigenvalue weighted by Gasteiger charge is 2.29. The number of amides is 1. The third-order valence-corrected chi connectivity index (χ3v) is 8.80. The standard InChI is InChI=1S/C28H31N3O3S/c32-28(30-21-19-29(20-22-30)18-16-23-7-2-1-3-8-23)25-12-14-26(15-13-25)35(33,34)31-17-6-10-24-9-4-5-11-27(24)31/h1-5,7-9,11-15H,6,10,16-22H2. The smallest absolute Gasteiger partial charge is 0.264 e. The molecule has 35 heavy (non-hydrogen) atoms. The largest absolute Gasteiger partial charge is 0.336 e. The first kappa shape index (κ1) is 23.6. The normalized spacial score (nSPS) is 16.7. The number of hydrogen-bond donors (Lipinski definition) is 0. The maximum Gasteiger partial charge on any atom is 0.264 e. The first-order valence-corrected chi connectivity index (χ1v) is 13.7. The summed E-state index contributed by atoms with van der Waals surface area (Å²) in [7, 11) is -3.68. The summed E-state index contributed by atoms with van der Waals surface area (Å²) < 4.78 is 28.2. The van der Waals surface area contributed by atoms with Gasteiger partial charge in [0, 0.05) is 44.8 Å². The Hall–Kier alpha value is -3.16. The second-order valence-electron chi connectivity index (χ2n) is 9.20. The summed E-state index contributed by atoms with van der Waals surface area (Å²) in [4.78, 5) is 17.5. The molecule has 2 heterocycles. The second kappa shape index (κ2) is 10.2. The number of rotatable bonds is 6. The van der Waals surface area contributed by atoms with Gasteiger partial charge < -0.3 is 4.90 Å². The van der Waals surface area contributed by atoms with Gasteiger partial charge in [-0.2, -0.15) is 0 Å². The molecule has 6 nitrogen and oxygen atoms in total.